The van der Waals surface area contributed by atoms with E-state index in [1.165, 1.54) is 57.4 Å². The molecule has 2 heteroatoms. The minimum absolute atomic E-state index is 0.925. The number of rotatable bonds is 4. The van der Waals surface area contributed by atoms with Gasteiger partial charge in [-0.2, -0.15) is 11.8 Å². The molecular weight excluding hydrogens is 178 g/mol. The van der Waals surface area contributed by atoms with E-state index in [0.717, 1.165) is 11.2 Å². The molecule has 1 nitrogen and oxygen atoms in total. The van der Waals surface area contributed by atoms with Crippen molar-refractivity contribution in [3.05, 3.63) is 0 Å². The summed E-state index contributed by atoms with van der Waals surface area (Å²) in [4.78, 5) is 0. The number of nitrogens with one attached hydrogen (secondary N) is 1. The van der Waals surface area contributed by atoms with E-state index in [0.29, 0.717) is 0 Å². The van der Waals surface area contributed by atoms with Crippen LogP contribution < -0.4 is 5.32 Å². The lowest BCUT2D eigenvalue weighted by molar-refractivity contribution is 0.301. The predicted molar refractivity (Wildman–Crippen MR) is 60.3 cm³/mol. The van der Waals surface area contributed by atoms with Crippen LogP contribution in [0.4, 0.5) is 0 Å². The third-order valence-electron chi connectivity index (χ3n) is 3.30. The van der Waals surface area contributed by atoms with Gasteiger partial charge in [-0.05, 0) is 43.9 Å². The van der Waals surface area contributed by atoms with Crippen molar-refractivity contribution in [3.63, 3.8) is 0 Å². The van der Waals surface area contributed by atoms with Gasteiger partial charge in [0.15, 0.2) is 0 Å². The molecule has 0 aromatic heterocycles. The summed E-state index contributed by atoms with van der Waals surface area (Å²) in [5.74, 6) is 2.42. The summed E-state index contributed by atoms with van der Waals surface area (Å²) >= 11 is 2.18. The third kappa shape index (κ3) is 3.17. The molecule has 2 fully saturated rings. The second-order valence-corrected chi connectivity index (χ2v) is 5.85. The van der Waals surface area contributed by atoms with E-state index in [1.807, 2.05) is 0 Å². The first-order valence-corrected chi connectivity index (χ1v) is 6.82. The average Bonchev–Trinajstić information content (AvgIpc) is 2.11. The van der Waals surface area contributed by atoms with Crippen LogP contribution in [0.5, 0.6) is 0 Å². The van der Waals surface area contributed by atoms with E-state index < -0.39 is 0 Å². The fourth-order valence-corrected chi connectivity index (χ4v) is 3.39. The predicted octanol–water partition coefficient (Wildman–Crippen LogP) is 2.66. The SMILES string of the molecule is C1CCC(CNCC2CCC2)SC1. The largest absolute Gasteiger partial charge is 0.315 e. The molecule has 0 bridgehead atoms. The molecular formula is C11H21NS. The molecule has 1 atom stereocenters. The first kappa shape index (κ1) is 9.85. The van der Waals surface area contributed by atoms with Crippen molar-refractivity contribution in [2.45, 2.75) is 43.8 Å². The van der Waals surface area contributed by atoms with Crippen LogP contribution in [0, 0.1) is 5.92 Å². The lowest BCUT2D eigenvalue weighted by Gasteiger charge is -2.27. The first-order chi connectivity index (χ1) is 6.45. The van der Waals surface area contributed by atoms with Gasteiger partial charge in [0.25, 0.3) is 0 Å². The highest BCUT2D eigenvalue weighted by Crippen LogP contribution is 2.26. The minimum Gasteiger partial charge on any atom is -0.315 e. The van der Waals surface area contributed by atoms with Gasteiger partial charge in [-0.3, -0.25) is 0 Å². The maximum absolute atomic E-state index is 3.64. The molecule has 1 saturated heterocycles. The van der Waals surface area contributed by atoms with Gasteiger partial charge < -0.3 is 5.32 Å². The van der Waals surface area contributed by atoms with Gasteiger partial charge >= 0.3 is 0 Å². The highest BCUT2D eigenvalue weighted by molar-refractivity contribution is 7.99. The van der Waals surface area contributed by atoms with Gasteiger partial charge in [0.05, 0.1) is 0 Å². The van der Waals surface area contributed by atoms with Crippen LogP contribution in [0.3, 0.4) is 0 Å². The van der Waals surface area contributed by atoms with E-state index in [1.54, 1.807) is 0 Å². The van der Waals surface area contributed by atoms with Crippen molar-refractivity contribution < 1.29 is 0 Å². The summed E-state index contributed by atoms with van der Waals surface area (Å²) in [7, 11) is 0. The van der Waals surface area contributed by atoms with E-state index in [4.69, 9.17) is 0 Å². The quantitative estimate of drug-likeness (QED) is 0.747. The summed E-state index contributed by atoms with van der Waals surface area (Å²) in [5.41, 5.74) is 0. The van der Waals surface area contributed by atoms with Crippen LogP contribution >= 0.6 is 11.8 Å². The molecule has 2 aliphatic rings. The highest BCUT2D eigenvalue weighted by atomic mass is 32.2. The van der Waals surface area contributed by atoms with Crippen molar-refractivity contribution in [2.75, 3.05) is 18.8 Å². The molecule has 2 rings (SSSR count). The van der Waals surface area contributed by atoms with Gasteiger partial charge in [0.2, 0.25) is 0 Å². The zero-order valence-electron chi connectivity index (χ0n) is 8.43. The third-order valence-corrected chi connectivity index (χ3v) is 4.70. The summed E-state index contributed by atoms with van der Waals surface area (Å²) in [5, 5.41) is 4.56. The Balaban J connectivity index is 1.50. The highest BCUT2D eigenvalue weighted by Gasteiger charge is 2.18. The molecule has 1 aliphatic heterocycles. The lowest BCUT2D eigenvalue weighted by atomic mass is 9.85. The Morgan fingerprint density at radius 2 is 1.92 bits per heavy atom. The van der Waals surface area contributed by atoms with Crippen LogP contribution in [0.1, 0.15) is 38.5 Å². The molecule has 1 N–H and O–H groups in total. The Kier molecular flexibility index (Phi) is 3.98. The van der Waals surface area contributed by atoms with E-state index in [9.17, 15) is 0 Å². The van der Waals surface area contributed by atoms with E-state index >= 15 is 0 Å². The number of thioether (sulfide) groups is 1. The molecule has 0 aromatic carbocycles. The summed E-state index contributed by atoms with van der Waals surface area (Å²) < 4.78 is 0. The van der Waals surface area contributed by atoms with Gasteiger partial charge in [-0.1, -0.05) is 12.8 Å². The van der Waals surface area contributed by atoms with Crippen molar-refractivity contribution in [1.29, 1.82) is 0 Å². The normalized spacial score (nSPS) is 30.0. The number of hydrogen-bond acceptors (Lipinski definition) is 2. The average molecular weight is 199 g/mol. The second-order valence-electron chi connectivity index (χ2n) is 4.44. The molecule has 0 spiro atoms. The molecule has 0 radical (unpaired) electrons. The Morgan fingerprint density at radius 1 is 1.00 bits per heavy atom. The Bertz CT molecular complexity index is 139. The monoisotopic (exact) mass is 199 g/mol. The Labute approximate surface area is 86.0 Å². The molecule has 1 saturated carbocycles. The molecule has 0 aromatic rings. The molecule has 1 aliphatic carbocycles. The standard InChI is InChI=1S/C11H21NS/c1-2-7-13-11(6-1)9-12-8-10-4-3-5-10/h10-12H,1-9H2. The van der Waals surface area contributed by atoms with E-state index in [2.05, 4.69) is 17.1 Å². The van der Waals surface area contributed by atoms with Crippen molar-refractivity contribution in [1.82, 2.24) is 5.32 Å². The van der Waals surface area contributed by atoms with Crippen LogP contribution in [0.15, 0.2) is 0 Å². The van der Waals surface area contributed by atoms with Gasteiger partial charge in [0, 0.05) is 11.8 Å². The summed E-state index contributed by atoms with van der Waals surface area (Å²) in [6.07, 6.45) is 8.79. The zero-order chi connectivity index (χ0) is 8.93. The van der Waals surface area contributed by atoms with E-state index in [-0.39, 0.29) is 0 Å². The van der Waals surface area contributed by atoms with Gasteiger partial charge in [-0.15, -0.1) is 0 Å². The fraction of sp³-hybridized carbons (Fsp3) is 1.00. The van der Waals surface area contributed by atoms with Crippen LogP contribution in [0.2, 0.25) is 0 Å². The van der Waals surface area contributed by atoms with Crippen molar-refractivity contribution in [3.8, 4) is 0 Å². The van der Waals surface area contributed by atoms with Crippen LogP contribution in [-0.2, 0) is 0 Å². The summed E-state index contributed by atoms with van der Waals surface area (Å²) in [6.45, 7) is 2.55. The Hall–Kier alpha value is 0.310. The van der Waals surface area contributed by atoms with Crippen molar-refractivity contribution >= 4 is 11.8 Å². The topological polar surface area (TPSA) is 12.0 Å². The molecule has 1 unspecified atom stereocenters. The van der Waals surface area contributed by atoms with Gasteiger partial charge in [-0.25, -0.2) is 0 Å². The molecule has 13 heavy (non-hydrogen) atoms. The fourth-order valence-electron chi connectivity index (χ4n) is 2.11. The van der Waals surface area contributed by atoms with Crippen LogP contribution in [-0.4, -0.2) is 24.1 Å². The minimum atomic E-state index is 0.925. The molecule has 76 valence electrons. The van der Waals surface area contributed by atoms with Crippen molar-refractivity contribution in [2.24, 2.45) is 5.92 Å². The maximum atomic E-state index is 3.64. The lowest BCUT2D eigenvalue weighted by Crippen LogP contribution is -2.33. The van der Waals surface area contributed by atoms with Gasteiger partial charge in [0.1, 0.15) is 0 Å². The second kappa shape index (κ2) is 5.26. The Morgan fingerprint density at radius 3 is 2.54 bits per heavy atom. The molecule has 0 amide bonds. The smallest absolute Gasteiger partial charge is 0.0172 e. The molecule has 1 heterocycles. The maximum Gasteiger partial charge on any atom is 0.0172 e. The first-order valence-electron chi connectivity index (χ1n) is 5.77. The van der Waals surface area contributed by atoms with Crippen LogP contribution in [0.25, 0.3) is 0 Å². The number of hydrogen-bond donors (Lipinski definition) is 1. The summed E-state index contributed by atoms with van der Waals surface area (Å²) in [6, 6.07) is 0. The zero-order valence-corrected chi connectivity index (χ0v) is 9.24.